The van der Waals surface area contributed by atoms with Gasteiger partial charge >= 0.3 is 5.97 Å². The molecule has 1 atom stereocenters. The van der Waals surface area contributed by atoms with Crippen LogP contribution in [-0.2, 0) is 4.79 Å². The third kappa shape index (κ3) is 3.44. The molecule has 0 radical (unpaired) electrons. The van der Waals surface area contributed by atoms with Crippen molar-refractivity contribution < 1.29 is 14.7 Å². The Labute approximate surface area is 105 Å². The number of aromatic nitrogens is 1. The van der Waals surface area contributed by atoms with Crippen molar-refractivity contribution in [3.05, 3.63) is 23.9 Å². The molecule has 3 N–H and O–H groups in total. The average molecular weight is 251 g/mol. The van der Waals surface area contributed by atoms with Gasteiger partial charge in [0.25, 0.3) is 5.91 Å². The standard InChI is InChI=1S/C12H17N3O3/c1-3-5-9(12(17)18)15-11(16)8-6-4-7-14-10(8)13-2/h4,6-7,9H,3,5H2,1-2H3,(H,13,14)(H,15,16)(H,17,18)/t9-/m1/s1. The number of carbonyl (C=O) groups is 2. The molecule has 0 saturated heterocycles. The molecule has 0 unspecified atom stereocenters. The number of anilines is 1. The maximum atomic E-state index is 12.0. The van der Waals surface area contributed by atoms with E-state index in [1.54, 1.807) is 25.4 Å². The lowest BCUT2D eigenvalue weighted by atomic mass is 10.1. The topological polar surface area (TPSA) is 91.3 Å². The van der Waals surface area contributed by atoms with Crippen LogP contribution in [-0.4, -0.2) is 35.1 Å². The van der Waals surface area contributed by atoms with E-state index < -0.39 is 17.9 Å². The van der Waals surface area contributed by atoms with E-state index in [2.05, 4.69) is 15.6 Å². The van der Waals surface area contributed by atoms with Gasteiger partial charge in [-0.25, -0.2) is 9.78 Å². The number of carboxylic acids is 1. The molecule has 0 aliphatic heterocycles. The first-order chi connectivity index (χ1) is 8.60. The number of hydrogen-bond donors (Lipinski definition) is 3. The van der Waals surface area contributed by atoms with Gasteiger partial charge in [-0.05, 0) is 18.6 Å². The lowest BCUT2D eigenvalue weighted by molar-refractivity contribution is -0.139. The molecule has 6 nitrogen and oxygen atoms in total. The van der Waals surface area contributed by atoms with Crippen LogP contribution in [0, 0.1) is 0 Å². The van der Waals surface area contributed by atoms with Crippen LogP contribution >= 0.6 is 0 Å². The predicted molar refractivity (Wildman–Crippen MR) is 67.6 cm³/mol. The molecule has 0 fully saturated rings. The van der Waals surface area contributed by atoms with Gasteiger partial charge in [0.1, 0.15) is 11.9 Å². The first-order valence-corrected chi connectivity index (χ1v) is 5.76. The third-order valence-corrected chi connectivity index (χ3v) is 2.47. The van der Waals surface area contributed by atoms with Crippen molar-refractivity contribution in [2.24, 2.45) is 0 Å². The second-order valence-electron chi connectivity index (χ2n) is 3.80. The molecule has 1 rings (SSSR count). The van der Waals surface area contributed by atoms with Gasteiger partial charge in [-0.3, -0.25) is 4.79 Å². The van der Waals surface area contributed by atoms with Crippen LogP contribution in [0.25, 0.3) is 0 Å². The number of nitrogens with zero attached hydrogens (tertiary/aromatic N) is 1. The number of aliphatic carboxylic acids is 1. The Kier molecular flexibility index (Phi) is 5.10. The minimum Gasteiger partial charge on any atom is -0.480 e. The lowest BCUT2D eigenvalue weighted by Gasteiger charge is -2.14. The summed E-state index contributed by atoms with van der Waals surface area (Å²) in [5, 5.41) is 14.3. The van der Waals surface area contributed by atoms with Crippen LogP contribution in [0.5, 0.6) is 0 Å². The van der Waals surface area contributed by atoms with Crippen molar-refractivity contribution in [2.75, 3.05) is 12.4 Å². The van der Waals surface area contributed by atoms with Crippen molar-refractivity contribution >= 4 is 17.7 Å². The fourth-order valence-corrected chi connectivity index (χ4v) is 1.57. The minimum atomic E-state index is -1.03. The highest BCUT2D eigenvalue weighted by atomic mass is 16.4. The van der Waals surface area contributed by atoms with Crippen LogP contribution < -0.4 is 10.6 Å². The van der Waals surface area contributed by atoms with E-state index in [0.29, 0.717) is 24.2 Å². The molecule has 1 aromatic rings. The maximum Gasteiger partial charge on any atom is 0.326 e. The number of carboxylic acid groups (broad SMARTS) is 1. The summed E-state index contributed by atoms with van der Waals surface area (Å²) in [5.41, 5.74) is 0.336. The van der Waals surface area contributed by atoms with Gasteiger partial charge in [-0.15, -0.1) is 0 Å². The number of rotatable bonds is 6. The molecule has 0 saturated carbocycles. The first kappa shape index (κ1) is 14.0. The number of amides is 1. The summed E-state index contributed by atoms with van der Waals surface area (Å²) in [6.45, 7) is 1.87. The Morgan fingerprint density at radius 3 is 2.78 bits per heavy atom. The maximum absolute atomic E-state index is 12.0. The molecule has 0 spiro atoms. The fraction of sp³-hybridized carbons (Fsp3) is 0.417. The minimum absolute atomic E-state index is 0.336. The monoisotopic (exact) mass is 251 g/mol. The van der Waals surface area contributed by atoms with Gasteiger partial charge in [-0.2, -0.15) is 0 Å². The summed E-state index contributed by atoms with van der Waals surface area (Å²) in [4.78, 5) is 26.9. The van der Waals surface area contributed by atoms with E-state index in [0.717, 1.165) is 0 Å². The molecule has 0 aliphatic carbocycles. The smallest absolute Gasteiger partial charge is 0.326 e. The largest absolute Gasteiger partial charge is 0.480 e. The van der Waals surface area contributed by atoms with Gasteiger partial charge in [-0.1, -0.05) is 13.3 Å². The Morgan fingerprint density at radius 1 is 1.50 bits per heavy atom. The third-order valence-electron chi connectivity index (χ3n) is 2.47. The molecule has 6 heteroatoms. The molecule has 98 valence electrons. The first-order valence-electron chi connectivity index (χ1n) is 5.76. The lowest BCUT2D eigenvalue weighted by Crippen LogP contribution is -2.40. The van der Waals surface area contributed by atoms with E-state index in [1.165, 1.54) is 0 Å². The molecular formula is C12H17N3O3. The van der Waals surface area contributed by atoms with Crippen molar-refractivity contribution in [2.45, 2.75) is 25.8 Å². The van der Waals surface area contributed by atoms with Crippen molar-refractivity contribution in [3.63, 3.8) is 0 Å². The van der Waals surface area contributed by atoms with Crippen LogP contribution in [0.15, 0.2) is 18.3 Å². The molecule has 1 heterocycles. The number of nitrogens with one attached hydrogen (secondary N) is 2. The zero-order valence-electron chi connectivity index (χ0n) is 10.4. The highest BCUT2D eigenvalue weighted by Gasteiger charge is 2.21. The molecule has 0 aromatic carbocycles. The number of hydrogen-bond acceptors (Lipinski definition) is 4. The number of carbonyl (C=O) groups excluding carboxylic acids is 1. The van der Waals surface area contributed by atoms with Crippen molar-refractivity contribution in [1.29, 1.82) is 0 Å². The van der Waals surface area contributed by atoms with Gasteiger partial charge in [0.15, 0.2) is 0 Å². The fourth-order valence-electron chi connectivity index (χ4n) is 1.57. The Balaban J connectivity index is 2.83. The van der Waals surface area contributed by atoms with Crippen LogP contribution in [0.1, 0.15) is 30.1 Å². The highest BCUT2D eigenvalue weighted by molar-refractivity contribution is 6.00. The summed E-state index contributed by atoms with van der Waals surface area (Å²) in [6, 6.07) is 2.36. The van der Waals surface area contributed by atoms with Crippen molar-refractivity contribution in [3.8, 4) is 0 Å². The predicted octanol–water partition coefficient (Wildman–Crippen LogP) is 1.11. The van der Waals surface area contributed by atoms with Crippen molar-refractivity contribution in [1.82, 2.24) is 10.3 Å². The normalized spacial score (nSPS) is 11.7. The summed E-state index contributed by atoms with van der Waals surface area (Å²) in [7, 11) is 1.65. The summed E-state index contributed by atoms with van der Waals surface area (Å²) in [6.07, 6.45) is 2.64. The quantitative estimate of drug-likeness (QED) is 0.704. The highest BCUT2D eigenvalue weighted by Crippen LogP contribution is 2.11. The molecule has 18 heavy (non-hydrogen) atoms. The van der Waals surface area contributed by atoms with E-state index in [1.807, 2.05) is 6.92 Å². The molecule has 1 aromatic heterocycles. The van der Waals surface area contributed by atoms with E-state index >= 15 is 0 Å². The molecule has 0 bridgehead atoms. The second-order valence-corrected chi connectivity index (χ2v) is 3.80. The summed E-state index contributed by atoms with van der Waals surface area (Å²) < 4.78 is 0. The molecule has 1 amide bonds. The van der Waals surface area contributed by atoms with Crippen LogP contribution in [0.2, 0.25) is 0 Å². The average Bonchev–Trinajstić information content (AvgIpc) is 2.37. The molecular weight excluding hydrogens is 234 g/mol. The van der Waals surface area contributed by atoms with Crippen LogP contribution in [0.4, 0.5) is 5.82 Å². The van der Waals surface area contributed by atoms with Gasteiger partial charge in [0, 0.05) is 13.2 Å². The number of pyridine rings is 1. The Hall–Kier alpha value is -2.11. The van der Waals surface area contributed by atoms with Gasteiger partial charge < -0.3 is 15.7 Å². The Bertz CT molecular complexity index is 434. The van der Waals surface area contributed by atoms with Gasteiger partial charge in [0.05, 0.1) is 5.56 Å². The van der Waals surface area contributed by atoms with E-state index in [4.69, 9.17) is 5.11 Å². The summed E-state index contributed by atoms with van der Waals surface area (Å²) >= 11 is 0. The SMILES string of the molecule is CCC[C@@H](NC(=O)c1cccnc1NC)C(=O)O. The summed E-state index contributed by atoms with van der Waals surface area (Å²) in [5.74, 6) is -1.04. The second kappa shape index (κ2) is 6.58. The van der Waals surface area contributed by atoms with Gasteiger partial charge in [0.2, 0.25) is 0 Å². The van der Waals surface area contributed by atoms with E-state index in [9.17, 15) is 9.59 Å². The Morgan fingerprint density at radius 2 is 2.22 bits per heavy atom. The molecule has 0 aliphatic rings. The zero-order valence-corrected chi connectivity index (χ0v) is 10.4. The van der Waals surface area contributed by atoms with Crippen LogP contribution in [0.3, 0.4) is 0 Å². The van der Waals surface area contributed by atoms with E-state index in [-0.39, 0.29) is 0 Å². The zero-order chi connectivity index (χ0) is 13.5.